The molecular weight excluding hydrogens is 439 g/mol. The van der Waals surface area contributed by atoms with Gasteiger partial charge >= 0.3 is 0 Å². The number of carbonyl (C=O) groups is 2. The fourth-order valence-electron chi connectivity index (χ4n) is 3.81. The van der Waals surface area contributed by atoms with Crippen molar-refractivity contribution in [3.05, 3.63) is 75.5 Å². The molecule has 4 aromatic rings. The van der Waals surface area contributed by atoms with E-state index >= 15 is 0 Å². The number of methoxy groups -OCH3 is 1. The first-order valence-electron chi connectivity index (χ1n) is 9.28. The first-order chi connectivity index (χ1) is 14.9. The van der Waals surface area contributed by atoms with E-state index < -0.39 is 11.8 Å². The molecule has 3 heterocycles. The van der Waals surface area contributed by atoms with Crippen LogP contribution in [0.15, 0.2) is 48.7 Å². The lowest BCUT2D eigenvalue weighted by atomic mass is 10.1. The molecule has 0 aliphatic carbocycles. The molecule has 5 rings (SSSR count). The van der Waals surface area contributed by atoms with Gasteiger partial charge in [-0.1, -0.05) is 35.3 Å². The van der Waals surface area contributed by atoms with Crippen LogP contribution >= 0.6 is 23.2 Å². The lowest BCUT2D eigenvalue weighted by Crippen LogP contribution is -2.29. The summed E-state index contributed by atoms with van der Waals surface area (Å²) >= 11 is 12.2. The summed E-state index contributed by atoms with van der Waals surface area (Å²) in [5.41, 5.74) is 2.40. The van der Waals surface area contributed by atoms with Crippen molar-refractivity contribution in [3.8, 4) is 11.4 Å². The Morgan fingerprint density at radius 3 is 2.52 bits per heavy atom. The maximum absolute atomic E-state index is 13.4. The van der Waals surface area contributed by atoms with Crippen LogP contribution in [0.5, 0.6) is 5.75 Å². The van der Waals surface area contributed by atoms with Gasteiger partial charge in [0.25, 0.3) is 11.8 Å². The number of amides is 2. The van der Waals surface area contributed by atoms with E-state index in [1.54, 1.807) is 30.8 Å². The molecule has 154 valence electrons. The van der Waals surface area contributed by atoms with Gasteiger partial charge in [-0.25, -0.2) is 14.6 Å². The summed E-state index contributed by atoms with van der Waals surface area (Å²) in [6.07, 6.45) is 1.40. The SMILES string of the molecule is COc1ccccc1-n1nc(C)c2c3c(cnc21)C(=O)N(c1ccc(Cl)cc1Cl)C3=O. The topological polar surface area (TPSA) is 77.3 Å². The van der Waals surface area contributed by atoms with Crippen LogP contribution in [0, 0.1) is 6.92 Å². The molecule has 7 nitrogen and oxygen atoms in total. The highest BCUT2D eigenvalue weighted by molar-refractivity contribution is 6.42. The number of pyridine rings is 1. The first-order valence-corrected chi connectivity index (χ1v) is 10.0. The Morgan fingerprint density at radius 2 is 1.77 bits per heavy atom. The van der Waals surface area contributed by atoms with Gasteiger partial charge in [0.15, 0.2) is 5.65 Å². The molecule has 0 N–H and O–H groups in total. The van der Waals surface area contributed by atoms with Crippen LogP contribution < -0.4 is 9.64 Å². The lowest BCUT2D eigenvalue weighted by Gasteiger charge is -2.15. The normalized spacial score (nSPS) is 13.2. The van der Waals surface area contributed by atoms with E-state index in [9.17, 15) is 9.59 Å². The third-order valence-corrected chi connectivity index (χ3v) is 5.72. The van der Waals surface area contributed by atoms with Gasteiger partial charge in [0.05, 0.1) is 40.0 Å². The van der Waals surface area contributed by atoms with Gasteiger partial charge in [0, 0.05) is 11.2 Å². The predicted molar refractivity (Wildman–Crippen MR) is 118 cm³/mol. The molecule has 0 saturated heterocycles. The van der Waals surface area contributed by atoms with E-state index in [4.69, 9.17) is 27.9 Å². The summed E-state index contributed by atoms with van der Waals surface area (Å²) in [6.45, 7) is 1.77. The monoisotopic (exact) mass is 452 g/mol. The smallest absolute Gasteiger partial charge is 0.267 e. The summed E-state index contributed by atoms with van der Waals surface area (Å²) in [7, 11) is 1.57. The van der Waals surface area contributed by atoms with E-state index in [0.29, 0.717) is 33.2 Å². The van der Waals surface area contributed by atoms with Crippen LogP contribution in [0.2, 0.25) is 10.0 Å². The zero-order valence-electron chi connectivity index (χ0n) is 16.4. The Hall–Kier alpha value is -3.42. The van der Waals surface area contributed by atoms with Gasteiger partial charge in [-0.15, -0.1) is 0 Å². The standard InChI is InChI=1S/C22H14Cl2N4O3/c1-11-18-19-13(21(29)27(22(19)30)15-8-7-12(23)9-14(15)24)10-25-20(18)28(26-11)16-5-3-4-6-17(16)31-2/h3-10H,1-2H3. The van der Waals surface area contributed by atoms with Crippen molar-refractivity contribution in [2.75, 3.05) is 12.0 Å². The van der Waals surface area contributed by atoms with E-state index in [2.05, 4.69) is 10.1 Å². The summed E-state index contributed by atoms with van der Waals surface area (Å²) in [5, 5.41) is 5.70. The Balaban J connectivity index is 1.73. The number of ether oxygens (including phenoxy) is 1. The van der Waals surface area contributed by atoms with Crippen LogP contribution in [-0.4, -0.2) is 33.7 Å². The van der Waals surface area contributed by atoms with Crippen molar-refractivity contribution in [1.82, 2.24) is 14.8 Å². The third-order valence-electron chi connectivity index (χ3n) is 5.19. The Morgan fingerprint density at radius 1 is 1.00 bits per heavy atom. The molecule has 0 saturated carbocycles. The van der Waals surface area contributed by atoms with Crippen molar-refractivity contribution in [1.29, 1.82) is 0 Å². The molecule has 2 aromatic carbocycles. The van der Waals surface area contributed by atoms with E-state index in [-0.39, 0.29) is 21.8 Å². The quantitative estimate of drug-likeness (QED) is 0.415. The summed E-state index contributed by atoms with van der Waals surface area (Å²) in [5.74, 6) is -0.381. The molecular formula is C22H14Cl2N4O3. The number of rotatable bonds is 3. The second kappa shape index (κ2) is 7.08. The Bertz CT molecular complexity index is 1410. The summed E-state index contributed by atoms with van der Waals surface area (Å²) < 4.78 is 7.05. The summed E-state index contributed by atoms with van der Waals surface area (Å²) in [4.78, 5) is 32.0. The second-order valence-corrected chi connectivity index (χ2v) is 7.80. The molecule has 2 amide bonds. The molecule has 1 aliphatic heterocycles. The molecule has 0 unspecified atom stereocenters. The fourth-order valence-corrected chi connectivity index (χ4v) is 4.31. The number of anilines is 1. The van der Waals surface area contributed by atoms with Crippen molar-refractivity contribution in [3.63, 3.8) is 0 Å². The van der Waals surface area contributed by atoms with Crippen LogP contribution in [0.25, 0.3) is 16.7 Å². The van der Waals surface area contributed by atoms with Gasteiger partial charge in [-0.3, -0.25) is 9.59 Å². The largest absolute Gasteiger partial charge is 0.494 e. The number of imide groups is 1. The second-order valence-electron chi connectivity index (χ2n) is 6.96. The molecule has 9 heteroatoms. The molecule has 0 atom stereocenters. The zero-order valence-corrected chi connectivity index (χ0v) is 17.9. The minimum Gasteiger partial charge on any atom is -0.494 e. The Kier molecular flexibility index (Phi) is 4.46. The van der Waals surface area contributed by atoms with E-state index in [1.807, 2.05) is 24.3 Å². The highest BCUT2D eigenvalue weighted by Gasteiger charge is 2.40. The number of hydrogen-bond donors (Lipinski definition) is 0. The van der Waals surface area contributed by atoms with Crippen molar-refractivity contribution >= 4 is 51.7 Å². The molecule has 31 heavy (non-hydrogen) atoms. The molecule has 0 fully saturated rings. The van der Waals surface area contributed by atoms with Crippen molar-refractivity contribution in [2.45, 2.75) is 6.92 Å². The summed E-state index contributed by atoms with van der Waals surface area (Å²) in [6, 6.07) is 12.0. The predicted octanol–water partition coefficient (Wildman–Crippen LogP) is 4.84. The number of hydrogen-bond acceptors (Lipinski definition) is 5. The molecule has 1 aliphatic rings. The van der Waals surface area contributed by atoms with Crippen molar-refractivity contribution < 1.29 is 14.3 Å². The van der Waals surface area contributed by atoms with Crippen LogP contribution in [0.1, 0.15) is 26.4 Å². The van der Waals surface area contributed by atoms with E-state index in [0.717, 1.165) is 4.90 Å². The molecule has 0 bridgehead atoms. The number of fused-ring (bicyclic) bond motifs is 3. The average molecular weight is 453 g/mol. The van der Waals surface area contributed by atoms with Crippen molar-refractivity contribution in [2.24, 2.45) is 0 Å². The van der Waals surface area contributed by atoms with Crippen LogP contribution in [0.4, 0.5) is 5.69 Å². The number of benzene rings is 2. The van der Waals surface area contributed by atoms with Gasteiger partial charge in [0.1, 0.15) is 11.4 Å². The number of aromatic nitrogens is 3. The maximum Gasteiger partial charge on any atom is 0.267 e. The Labute approximate surface area is 186 Å². The van der Waals surface area contributed by atoms with Crippen LogP contribution in [-0.2, 0) is 0 Å². The lowest BCUT2D eigenvalue weighted by molar-refractivity contribution is 0.0926. The fraction of sp³-hybridized carbons (Fsp3) is 0.0909. The van der Waals surface area contributed by atoms with Crippen LogP contribution in [0.3, 0.4) is 0 Å². The minimum absolute atomic E-state index is 0.200. The molecule has 2 aromatic heterocycles. The van der Waals surface area contributed by atoms with Gasteiger partial charge in [0.2, 0.25) is 0 Å². The van der Waals surface area contributed by atoms with Gasteiger partial charge in [-0.2, -0.15) is 5.10 Å². The van der Waals surface area contributed by atoms with Gasteiger partial charge < -0.3 is 4.74 Å². The molecule has 0 radical (unpaired) electrons. The number of para-hydroxylation sites is 2. The number of carbonyl (C=O) groups excluding carboxylic acids is 2. The number of aryl methyl sites for hydroxylation is 1. The maximum atomic E-state index is 13.4. The molecule has 0 spiro atoms. The minimum atomic E-state index is -0.497. The van der Waals surface area contributed by atoms with Gasteiger partial charge in [-0.05, 0) is 37.3 Å². The highest BCUT2D eigenvalue weighted by Crippen LogP contribution is 2.38. The first kappa shape index (κ1) is 19.5. The number of halogens is 2. The van der Waals surface area contributed by atoms with E-state index in [1.165, 1.54) is 12.3 Å². The third kappa shape index (κ3) is 2.81. The zero-order chi connectivity index (χ0) is 21.9. The highest BCUT2D eigenvalue weighted by atomic mass is 35.5. The average Bonchev–Trinajstić information content (AvgIpc) is 3.22. The number of nitrogens with zero attached hydrogens (tertiary/aromatic N) is 4.